The molecule has 1 aliphatic heterocycles. The quantitative estimate of drug-likeness (QED) is 0.632. The lowest BCUT2D eigenvalue weighted by Gasteiger charge is -2.36. The van der Waals surface area contributed by atoms with Crippen LogP contribution in [0.15, 0.2) is 54.6 Å². The Kier molecular flexibility index (Phi) is 8.06. The molecule has 0 aromatic heterocycles. The second-order valence-corrected chi connectivity index (χ2v) is 8.20. The van der Waals surface area contributed by atoms with E-state index in [1.807, 2.05) is 30.3 Å². The van der Waals surface area contributed by atoms with Crippen LogP contribution in [0, 0.1) is 0 Å². The fourth-order valence-electron chi connectivity index (χ4n) is 4.03. The summed E-state index contributed by atoms with van der Waals surface area (Å²) in [5.41, 5.74) is 1.19. The van der Waals surface area contributed by atoms with Gasteiger partial charge in [0.2, 0.25) is 5.91 Å². The van der Waals surface area contributed by atoms with Crippen molar-refractivity contribution in [1.82, 2.24) is 10.2 Å². The van der Waals surface area contributed by atoms with Crippen LogP contribution in [0.4, 0.5) is 0 Å². The molecule has 2 aromatic carbocycles. The monoisotopic (exact) mass is 442 g/mol. The second kappa shape index (κ2) is 11.0. The molecular formula is C24H27ClN2O4. The minimum absolute atomic E-state index is 0.0415. The number of amides is 2. The van der Waals surface area contributed by atoms with Crippen LogP contribution < -0.4 is 5.32 Å². The summed E-state index contributed by atoms with van der Waals surface area (Å²) < 4.78 is 0. The smallest absolute Gasteiger partial charge is 0.303 e. The highest BCUT2D eigenvalue weighted by Crippen LogP contribution is 2.26. The van der Waals surface area contributed by atoms with E-state index < -0.39 is 12.0 Å². The van der Waals surface area contributed by atoms with Gasteiger partial charge in [0.1, 0.15) is 0 Å². The number of carboxylic acid groups (broad SMARTS) is 1. The number of carboxylic acids is 1. The van der Waals surface area contributed by atoms with Crippen LogP contribution in [0.2, 0.25) is 5.02 Å². The first kappa shape index (κ1) is 22.8. The van der Waals surface area contributed by atoms with E-state index in [1.165, 1.54) is 0 Å². The number of hydrogen-bond donors (Lipinski definition) is 2. The molecule has 2 unspecified atom stereocenters. The lowest BCUT2D eigenvalue weighted by molar-refractivity contribution is -0.140. The van der Waals surface area contributed by atoms with Crippen molar-refractivity contribution in [1.29, 1.82) is 0 Å². The lowest BCUT2D eigenvalue weighted by Crippen LogP contribution is -2.45. The largest absolute Gasteiger partial charge is 0.481 e. The Morgan fingerprint density at radius 2 is 1.77 bits per heavy atom. The molecule has 0 aliphatic carbocycles. The minimum atomic E-state index is -0.855. The van der Waals surface area contributed by atoms with Crippen molar-refractivity contribution in [3.05, 3.63) is 70.7 Å². The summed E-state index contributed by atoms with van der Waals surface area (Å²) in [4.78, 5) is 38.9. The molecule has 0 saturated carbocycles. The van der Waals surface area contributed by atoms with E-state index in [0.29, 0.717) is 23.6 Å². The van der Waals surface area contributed by atoms with E-state index in [4.69, 9.17) is 16.7 Å². The van der Waals surface area contributed by atoms with Gasteiger partial charge in [0.15, 0.2) is 0 Å². The zero-order valence-corrected chi connectivity index (χ0v) is 18.1. The molecule has 2 atom stereocenters. The van der Waals surface area contributed by atoms with Crippen molar-refractivity contribution in [3.63, 3.8) is 0 Å². The molecule has 6 nitrogen and oxygen atoms in total. The first-order chi connectivity index (χ1) is 15.0. The molecule has 0 spiro atoms. The number of benzene rings is 2. The van der Waals surface area contributed by atoms with Gasteiger partial charge in [-0.2, -0.15) is 0 Å². The molecular weight excluding hydrogens is 416 g/mol. The first-order valence-electron chi connectivity index (χ1n) is 10.6. The van der Waals surface area contributed by atoms with Gasteiger partial charge in [0.25, 0.3) is 5.91 Å². The van der Waals surface area contributed by atoms with Crippen molar-refractivity contribution in [2.75, 3.05) is 6.54 Å². The molecule has 0 radical (unpaired) electrons. The number of rotatable bonds is 8. The fourth-order valence-corrected chi connectivity index (χ4v) is 4.25. The molecule has 1 saturated heterocycles. The van der Waals surface area contributed by atoms with E-state index in [2.05, 4.69) is 5.32 Å². The van der Waals surface area contributed by atoms with E-state index in [-0.39, 0.29) is 30.7 Å². The maximum atomic E-state index is 13.2. The van der Waals surface area contributed by atoms with Crippen LogP contribution in [0.3, 0.4) is 0 Å². The van der Waals surface area contributed by atoms with Gasteiger partial charge in [-0.15, -0.1) is 0 Å². The van der Waals surface area contributed by atoms with Crippen LogP contribution >= 0.6 is 11.6 Å². The van der Waals surface area contributed by atoms with Crippen molar-refractivity contribution < 1.29 is 19.5 Å². The highest BCUT2D eigenvalue weighted by atomic mass is 35.5. The van der Waals surface area contributed by atoms with Crippen LogP contribution in [0.25, 0.3) is 0 Å². The number of halogens is 1. The van der Waals surface area contributed by atoms with Crippen molar-refractivity contribution >= 4 is 29.4 Å². The summed E-state index contributed by atoms with van der Waals surface area (Å²) in [7, 11) is 0. The van der Waals surface area contributed by atoms with E-state index >= 15 is 0 Å². The third-order valence-corrected chi connectivity index (χ3v) is 5.97. The van der Waals surface area contributed by atoms with Crippen molar-refractivity contribution in [2.45, 2.75) is 50.6 Å². The first-order valence-corrected chi connectivity index (χ1v) is 10.9. The molecule has 0 bridgehead atoms. The molecule has 2 amide bonds. The number of likely N-dealkylation sites (tertiary alicyclic amines) is 1. The molecule has 1 fully saturated rings. The Balaban J connectivity index is 1.76. The average molecular weight is 443 g/mol. The zero-order valence-electron chi connectivity index (χ0n) is 17.3. The fraction of sp³-hybridized carbons (Fsp3) is 0.375. The number of piperidine rings is 1. The summed E-state index contributed by atoms with van der Waals surface area (Å²) in [6, 6.07) is 15.6. The van der Waals surface area contributed by atoms with Crippen LogP contribution in [-0.4, -0.2) is 40.4 Å². The van der Waals surface area contributed by atoms with Gasteiger partial charge in [0.05, 0.1) is 23.0 Å². The van der Waals surface area contributed by atoms with Gasteiger partial charge in [0, 0.05) is 19.0 Å². The number of nitrogens with zero attached hydrogens (tertiary/aromatic N) is 1. The Morgan fingerprint density at radius 1 is 1.06 bits per heavy atom. The van der Waals surface area contributed by atoms with E-state index in [9.17, 15) is 14.4 Å². The third kappa shape index (κ3) is 6.31. The molecule has 3 rings (SSSR count). The maximum absolute atomic E-state index is 13.2. The number of carbonyl (C=O) groups excluding carboxylic acids is 2. The van der Waals surface area contributed by atoms with Crippen LogP contribution in [0.5, 0.6) is 0 Å². The predicted octanol–water partition coefficient (Wildman–Crippen LogP) is 4.45. The minimum Gasteiger partial charge on any atom is -0.481 e. The van der Waals surface area contributed by atoms with Gasteiger partial charge >= 0.3 is 5.97 Å². The number of carbonyl (C=O) groups is 3. The Morgan fingerprint density at radius 3 is 2.48 bits per heavy atom. The molecule has 164 valence electrons. The molecule has 2 N–H and O–H groups in total. The summed E-state index contributed by atoms with van der Waals surface area (Å²) in [6.45, 7) is 0.614. The molecule has 7 heteroatoms. The molecule has 1 aliphatic rings. The van der Waals surface area contributed by atoms with Gasteiger partial charge < -0.3 is 15.3 Å². The molecule has 1 heterocycles. The van der Waals surface area contributed by atoms with Gasteiger partial charge in [-0.3, -0.25) is 14.4 Å². The number of nitrogens with one attached hydrogen (secondary N) is 1. The standard InChI is InChI=1S/C24H27ClN2O4/c25-20-12-5-4-11-19(20)24(31)26-21(17-8-2-1-3-9-17)16-22(28)27-15-7-6-10-18(27)13-14-23(29)30/h1-5,8-9,11-12,18,21H,6-7,10,13-16H2,(H,26,31)(H,29,30). The summed E-state index contributed by atoms with van der Waals surface area (Å²) in [5.74, 6) is -1.27. The highest BCUT2D eigenvalue weighted by Gasteiger charge is 2.29. The number of hydrogen-bond acceptors (Lipinski definition) is 3. The van der Waals surface area contributed by atoms with Gasteiger partial charge in [-0.25, -0.2) is 0 Å². The highest BCUT2D eigenvalue weighted by molar-refractivity contribution is 6.33. The topological polar surface area (TPSA) is 86.7 Å². The third-order valence-electron chi connectivity index (χ3n) is 5.64. The molecule has 31 heavy (non-hydrogen) atoms. The van der Waals surface area contributed by atoms with Crippen LogP contribution in [0.1, 0.15) is 60.5 Å². The average Bonchev–Trinajstić information content (AvgIpc) is 2.78. The van der Waals surface area contributed by atoms with Gasteiger partial charge in [-0.05, 0) is 43.4 Å². The molecule has 2 aromatic rings. The predicted molar refractivity (Wildman–Crippen MR) is 119 cm³/mol. The summed E-state index contributed by atoms with van der Waals surface area (Å²) >= 11 is 6.17. The lowest BCUT2D eigenvalue weighted by atomic mass is 9.96. The normalized spacial score (nSPS) is 17.1. The van der Waals surface area contributed by atoms with E-state index in [0.717, 1.165) is 24.8 Å². The Labute approximate surface area is 187 Å². The summed E-state index contributed by atoms with van der Waals surface area (Å²) in [6.07, 6.45) is 3.28. The second-order valence-electron chi connectivity index (χ2n) is 7.79. The summed E-state index contributed by atoms with van der Waals surface area (Å²) in [5, 5.41) is 12.3. The SMILES string of the molecule is O=C(O)CCC1CCCCN1C(=O)CC(NC(=O)c1ccccc1Cl)c1ccccc1. The van der Waals surface area contributed by atoms with Crippen molar-refractivity contribution in [2.24, 2.45) is 0 Å². The van der Waals surface area contributed by atoms with Gasteiger partial charge in [-0.1, -0.05) is 54.1 Å². The van der Waals surface area contributed by atoms with Crippen molar-refractivity contribution in [3.8, 4) is 0 Å². The Hall–Kier alpha value is -2.86. The Bertz CT molecular complexity index is 919. The maximum Gasteiger partial charge on any atom is 0.303 e. The van der Waals surface area contributed by atoms with Crippen LogP contribution in [-0.2, 0) is 9.59 Å². The zero-order chi connectivity index (χ0) is 22.2. The van der Waals surface area contributed by atoms with E-state index in [1.54, 1.807) is 29.2 Å². The number of aliphatic carboxylic acids is 1.